The largest absolute Gasteiger partial charge is 0.399 e. The van der Waals surface area contributed by atoms with E-state index in [1.807, 2.05) is 54.6 Å². The molecule has 0 aliphatic rings. The molecule has 0 fully saturated rings. The van der Waals surface area contributed by atoms with Crippen LogP contribution in [0.25, 0.3) is 11.1 Å². The molecule has 3 rings (SSSR count). The highest BCUT2D eigenvalue weighted by Gasteiger charge is 2.14. The van der Waals surface area contributed by atoms with Gasteiger partial charge in [-0.2, -0.15) is 0 Å². The molecule has 0 heterocycles. The Labute approximate surface area is 142 Å². The van der Waals surface area contributed by atoms with Gasteiger partial charge in [0.15, 0.2) is 0 Å². The number of nitrogens with two attached hydrogens (primary N) is 1. The SMILES string of the molecule is Nc1cccc(-c2cccc(S(=O)(=O)NCc3ccccc3)c2)c1. The molecule has 3 aromatic carbocycles. The standard InChI is InChI=1S/C19H18N2O2S/c20-18-10-4-8-16(12-18)17-9-5-11-19(13-17)24(22,23)21-14-15-6-2-1-3-7-15/h1-13,21H,14,20H2. The van der Waals surface area contributed by atoms with Gasteiger partial charge in [-0.3, -0.25) is 0 Å². The summed E-state index contributed by atoms with van der Waals surface area (Å²) in [6.07, 6.45) is 0. The fraction of sp³-hybridized carbons (Fsp3) is 0.0526. The number of benzene rings is 3. The zero-order valence-corrected chi connectivity index (χ0v) is 13.8. The molecule has 0 unspecified atom stereocenters. The number of anilines is 1. The van der Waals surface area contributed by atoms with Gasteiger partial charge in [0.25, 0.3) is 0 Å². The highest BCUT2D eigenvalue weighted by molar-refractivity contribution is 7.89. The maximum atomic E-state index is 12.5. The molecule has 0 aliphatic carbocycles. The van der Waals surface area contributed by atoms with Crippen molar-refractivity contribution in [2.45, 2.75) is 11.4 Å². The van der Waals surface area contributed by atoms with Gasteiger partial charge in [-0.25, -0.2) is 13.1 Å². The molecule has 0 radical (unpaired) electrons. The van der Waals surface area contributed by atoms with Gasteiger partial charge in [0.1, 0.15) is 0 Å². The quantitative estimate of drug-likeness (QED) is 0.700. The average Bonchev–Trinajstić information content (AvgIpc) is 2.61. The third kappa shape index (κ3) is 3.82. The Kier molecular flexibility index (Phi) is 4.64. The molecule has 3 aromatic rings. The van der Waals surface area contributed by atoms with Crippen molar-refractivity contribution in [3.8, 4) is 11.1 Å². The van der Waals surface area contributed by atoms with Gasteiger partial charge in [0.2, 0.25) is 10.0 Å². The maximum absolute atomic E-state index is 12.5. The molecule has 4 nitrogen and oxygen atoms in total. The minimum atomic E-state index is -3.58. The van der Waals surface area contributed by atoms with Crippen molar-refractivity contribution in [3.63, 3.8) is 0 Å². The minimum absolute atomic E-state index is 0.235. The summed E-state index contributed by atoms with van der Waals surface area (Å²) < 4.78 is 27.7. The van der Waals surface area contributed by atoms with E-state index in [9.17, 15) is 8.42 Å². The summed E-state index contributed by atoms with van der Waals surface area (Å²) in [7, 11) is -3.58. The van der Waals surface area contributed by atoms with Gasteiger partial charge in [-0.15, -0.1) is 0 Å². The molecule has 3 N–H and O–H groups in total. The molecule has 0 aliphatic heterocycles. The lowest BCUT2D eigenvalue weighted by Gasteiger charge is -2.09. The Bertz CT molecular complexity index is 938. The monoisotopic (exact) mass is 338 g/mol. The van der Waals surface area contributed by atoms with E-state index in [1.54, 1.807) is 24.3 Å². The molecule has 0 atom stereocenters. The van der Waals surface area contributed by atoms with Crippen LogP contribution in [0.3, 0.4) is 0 Å². The van der Waals surface area contributed by atoms with Crippen molar-refractivity contribution in [2.75, 3.05) is 5.73 Å². The molecule has 24 heavy (non-hydrogen) atoms. The van der Waals surface area contributed by atoms with Gasteiger partial charge in [-0.1, -0.05) is 54.6 Å². The number of rotatable bonds is 5. The second kappa shape index (κ2) is 6.86. The summed E-state index contributed by atoms with van der Waals surface area (Å²) in [5.41, 5.74) is 9.05. The minimum Gasteiger partial charge on any atom is -0.399 e. The van der Waals surface area contributed by atoms with Gasteiger partial charge >= 0.3 is 0 Å². The molecule has 0 saturated heterocycles. The second-order valence-corrected chi connectivity index (χ2v) is 7.23. The summed E-state index contributed by atoms with van der Waals surface area (Å²) >= 11 is 0. The summed E-state index contributed by atoms with van der Waals surface area (Å²) in [6, 6.07) is 23.6. The zero-order chi connectivity index (χ0) is 17.0. The molecule has 0 saturated carbocycles. The number of nitrogen functional groups attached to an aromatic ring is 1. The second-order valence-electron chi connectivity index (χ2n) is 5.46. The highest BCUT2D eigenvalue weighted by atomic mass is 32.2. The topological polar surface area (TPSA) is 72.2 Å². The third-order valence-electron chi connectivity index (χ3n) is 3.67. The van der Waals surface area contributed by atoms with Gasteiger partial charge in [0, 0.05) is 12.2 Å². The van der Waals surface area contributed by atoms with Gasteiger partial charge in [-0.05, 0) is 41.0 Å². The van der Waals surface area contributed by atoms with Crippen molar-refractivity contribution in [1.29, 1.82) is 0 Å². The number of hydrogen-bond donors (Lipinski definition) is 2. The average molecular weight is 338 g/mol. The molecule has 0 aromatic heterocycles. The Morgan fingerprint density at radius 3 is 2.17 bits per heavy atom. The van der Waals surface area contributed by atoms with Crippen molar-refractivity contribution < 1.29 is 8.42 Å². The van der Waals surface area contributed by atoms with Crippen LogP contribution in [0.15, 0.2) is 83.8 Å². The third-order valence-corrected chi connectivity index (χ3v) is 5.07. The first-order valence-electron chi connectivity index (χ1n) is 7.54. The molecule has 122 valence electrons. The van der Waals surface area contributed by atoms with Crippen LogP contribution in [0, 0.1) is 0 Å². The van der Waals surface area contributed by atoms with Crippen LogP contribution in [0.2, 0.25) is 0 Å². The van der Waals surface area contributed by atoms with E-state index in [1.165, 1.54) is 0 Å². The molecule has 0 amide bonds. The zero-order valence-electron chi connectivity index (χ0n) is 13.0. The molecular weight excluding hydrogens is 320 g/mol. The first kappa shape index (κ1) is 16.2. The van der Waals surface area contributed by atoms with Gasteiger partial charge in [0.05, 0.1) is 4.90 Å². The summed E-state index contributed by atoms with van der Waals surface area (Å²) in [5.74, 6) is 0. The van der Waals surface area contributed by atoms with Gasteiger partial charge < -0.3 is 5.73 Å². The highest BCUT2D eigenvalue weighted by Crippen LogP contribution is 2.24. The lowest BCUT2D eigenvalue weighted by Crippen LogP contribution is -2.23. The van der Waals surface area contributed by atoms with Crippen LogP contribution in [0.1, 0.15) is 5.56 Å². The normalized spacial score (nSPS) is 11.3. The van der Waals surface area contributed by atoms with Crippen LogP contribution in [-0.4, -0.2) is 8.42 Å². The van der Waals surface area contributed by atoms with E-state index < -0.39 is 10.0 Å². The number of hydrogen-bond acceptors (Lipinski definition) is 3. The molecule has 5 heteroatoms. The van der Waals surface area contributed by atoms with Crippen molar-refractivity contribution in [2.24, 2.45) is 0 Å². The first-order valence-corrected chi connectivity index (χ1v) is 9.02. The Morgan fingerprint density at radius 1 is 0.792 bits per heavy atom. The molecule has 0 bridgehead atoms. The summed E-state index contributed by atoms with van der Waals surface area (Å²) in [5, 5.41) is 0. The number of sulfonamides is 1. The van der Waals surface area contributed by atoms with Crippen molar-refractivity contribution in [3.05, 3.63) is 84.4 Å². The summed E-state index contributed by atoms with van der Waals surface area (Å²) in [4.78, 5) is 0.235. The van der Waals surface area contributed by atoms with Crippen LogP contribution < -0.4 is 10.5 Å². The predicted octanol–water partition coefficient (Wildman–Crippen LogP) is 3.41. The fourth-order valence-corrected chi connectivity index (χ4v) is 3.48. The van der Waals surface area contributed by atoms with E-state index in [-0.39, 0.29) is 11.4 Å². The van der Waals surface area contributed by atoms with Crippen LogP contribution in [-0.2, 0) is 16.6 Å². The van der Waals surface area contributed by atoms with E-state index in [0.29, 0.717) is 5.69 Å². The fourth-order valence-electron chi connectivity index (χ4n) is 2.42. The van der Waals surface area contributed by atoms with Crippen LogP contribution in [0.5, 0.6) is 0 Å². The van der Waals surface area contributed by atoms with Crippen molar-refractivity contribution >= 4 is 15.7 Å². The van der Waals surface area contributed by atoms with Crippen LogP contribution in [0.4, 0.5) is 5.69 Å². The number of nitrogens with one attached hydrogen (secondary N) is 1. The van der Waals surface area contributed by atoms with E-state index in [0.717, 1.165) is 16.7 Å². The molecular formula is C19H18N2O2S. The van der Waals surface area contributed by atoms with Crippen molar-refractivity contribution in [1.82, 2.24) is 4.72 Å². The lowest BCUT2D eigenvalue weighted by atomic mass is 10.1. The Morgan fingerprint density at radius 2 is 1.46 bits per heavy atom. The van der Waals surface area contributed by atoms with Crippen LogP contribution >= 0.6 is 0 Å². The van der Waals surface area contributed by atoms with E-state index in [4.69, 9.17) is 5.73 Å². The van der Waals surface area contributed by atoms with E-state index >= 15 is 0 Å². The molecule has 0 spiro atoms. The lowest BCUT2D eigenvalue weighted by molar-refractivity contribution is 0.581. The smallest absolute Gasteiger partial charge is 0.240 e. The Hall–Kier alpha value is -2.63. The van der Waals surface area contributed by atoms with E-state index in [2.05, 4.69) is 4.72 Å². The maximum Gasteiger partial charge on any atom is 0.240 e. The Balaban J connectivity index is 1.85. The first-order chi connectivity index (χ1) is 11.5. The summed E-state index contributed by atoms with van der Waals surface area (Å²) in [6.45, 7) is 0.256. The predicted molar refractivity (Wildman–Crippen MR) is 96.8 cm³/mol.